The van der Waals surface area contributed by atoms with Crippen molar-refractivity contribution < 1.29 is 9.47 Å². The molecule has 3 heterocycles. The third-order valence-electron chi connectivity index (χ3n) is 3.05. The van der Waals surface area contributed by atoms with Crippen LogP contribution in [-0.4, -0.2) is 37.1 Å². The number of rotatable bonds is 1. The summed E-state index contributed by atoms with van der Waals surface area (Å²) >= 11 is 3.52. The van der Waals surface area contributed by atoms with Crippen molar-refractivity contribution in [3.05, 3.63) is 22.8 Å². The molecule has 0 saturated carbocycles. The number of halogens is 1. The zero-order chi connectivity index (χ0) is 11.0. The van der Waals surface area contributed by atoms with E-state index in [9.17, 15) is 0 Å². The van der Waals surface area contributed by atoms with Crippen LogP contribution < -0.4 is 4.90 Å². The fourth-order valence-electron chi connectivity index (χ4n) is 2.28. The highest BCUT2D eigenvalue weighted by molar-refractivity contribution is 9.10. The molecule has 86 valence electrons. The molecule has 3 rings (SSSR count). The fraction of sp³-hybridized carbons (Fsp3) is 0.545. The third kappa shape index (κ3) is 1.73. The number of hydrogen-bond acceptors (Lipinski definition) is 4. The Morgan fingerprint density at radius 3 is 2.94 bits per heavy atom. The van der Waals surface area contributed by atoms with Gasteiger partial charge < -0.3 is 14.4 Å². The second-order valence-corrected chi connectivity index (χ2v) is 4.94. The van der Waals surface area contributed by atoms with E-state index in [1.807, 2.05) is 12.1 Å². The Hall–Kier alpha value is -0.650. The molecule has 0 N–H and O–H groups in total. The first-order valence-electron chi connectivity index (χ1n) is 5.42. The minimum absolute atomic E-state index is 0.378. The van der Waals surface area contributed by atoms with E-state index in [1.54, 1.807) is 6.20 Å². The van der Waals surface area contributed by atoms with Gasteiger partial charge in [0.2, 0.25) is 0 Å². The average molecular weight is 285 g/mol. The molecule has 2 saturated heterocycles. The molecule has 0 unspecified atom stereocenters. The summed E-state index contributed by atoms with van der Waals surface area (Å²) in [6.07, 6.45) is 2.72. The summed E-state index contributed by atoms with van der Waals surface area (Å²) in [5.41, 5.74) is 0. The maximum Gasteiger partial charge on any atom is 0.187 e. The van der Waals surface area contributed by atoms with Gasteiger partial charge in [-0.25, -0.2) is 4.98 Å². The summed E-state index contributed by atoms with van der Waals surface area (Å²) in [6, 6.07) is 3.92. The number of hydrogen-bond donors (Lipinski definition) is 0. The third-order valence-corrected chi connectivity index (χ3v) is 3.67. The lowest BCUT2D eigenvalue weighted by atomic mass is 10.2. The van der Waals surface area contributed by atoms with E-state index >= 15 is 0 Å². The molecule has 1 aromatic rings. The van der Waals surface area contributed by atoms with Crippen molar-refractivity contribution in [2.45, 2.75) is 12.2 Å². The van der Waals surface area contributed by atoms with Crippen LogP contribution in [0.15, 0.2) is 22.8 Å². The van der Waals surface area contributed by atoms with Gasteiger partial charge in [0.1, 0.15) is 5.82 Å². The summed E-state index contributed by atoms with van der Waals surface area (Å²) in [4.78, 5) is 6.59. The van der Waals surface area contributed by atoms with Gasteiger partial charge in [0.05, 0.1) is 24.2 Å². The topological polar surface area (TPSA) is 34.6 Å². The quantitative estimate of drug-likeness (QED) is 0.788. The Bertz CT molecular complexity index is 393. The Morgan fingerprint density at radius 1 is 1.38 bits per heavy atom. The SMILES string of the molecule is Brc1cccnc1N1CCC2(C1)OCCO2. The van der Waals surface area contributed by atoms with E-state index in [-0.39, 0.29) is 5.79 Å². The Labute approximate surface area is 103 Å². The zero-order valence-corrected chi connectivity index (χ0v) is 10.4. The van der Waals surface area contributed by atoms with Crippen LogP contribution in [0.1, 0.15) is 6.42 Å². The van der Waals surface area contributed by atoms with Gasteiger partial charge in [-0.1, -0.05) is 0 Å². The summed E-state index contributed by atoms with van der Waals surface area (Å²) in [5.74, 6) is 0.593. The summed E-state index contributed by atoms with van der Waals surface area (Å²) in [7, 11) is 0. The molecule has 2 aliphatic rings. The number of ether oxygens (including phenoxy) is 2. The maximum absolute atomic E-state index is 5.69. The largest absolute Gasteiger partial charge is 0.350 e. The fourth-order valence-corrected chi connectivity index (χ4v) is 2.78. The maximum atomic E-state index is 5.69. The van der Waals surface area contributed by atoms with Gasteiger partial charge in [-0.3, -0.25) is 0 Å². The number of anilines is 1. The molecule has 16 heavy (non-hydrogen) atoms. The minimum Gasteiger partial charge on any atom is -0.350 e. The minimum atomic E-state index is -0.378. The molecular weight excluding hydrogens is 272 g/mol. The molecule has 1 aromatic heterocycles. The van der Waals surface area contributed by atoms with Crippen molar-refractivity contribution in [2.24, 2.45) is 0 Å². The molecule has 0 atom stereocenters. The van der Waals surface area contributed by atoms with Crippen LogP contribution in [0.4, 0.5) is 5.82 Å². The molecule has 4 nitrogen and oxygen atoms in total. The Morgan fingerprint density at radius 2 is 2.19 bits per heavy atom. The van der Waals surface area contributed by atoms with Crippen LogP contribution in [0.3, 0.4) is 0 Å². The normalized spacial score (nSPS) is 23.2. The predicted octanol–water partition coefficient (Wildman–Crippen LogP) is 1.80. The predicted molar refractivity (Wildman–Crippen MR) is 63.4 cm³/mol. The number of aromatic nitrogens is 1. The van der Waals surface area contributed by atoms with Crippen molar-refractivity contribution in [1.82, 2.24) is 4.98 Å². The second-order valence-electron chi connectivity index (χ2n) is 4.09. The van der Waals surface area contributed by atoms with Crippen molar-refractivity contribution in [3.8, 4) is 0 Å². The van der Waals surface area contributed by atoms with Gasteiger partial charge in [0.15, 0.2) is 5.79 Å². The van der Waals surface area contributed by atoms with Crippen LogP contribution in [0.2, 0.25) is 0 Å². The van der Waals surface area contributed by atoms with Gasteiger partial charge in [-0.2, -0.15) is 0 Å². The van der Waals surface area contributed by atoms with Crippen molar-refractivity contribution in [2.75, 3.05) is 31.2 Å². The second kappa shape index (κ2) is 3.98. The lowest BCUT2D eigenvalue weighted by molar-refractivity contribution is -0.137. The van der Waals surface area contributed by atoms with Crippen LogP contribution in [0, 0.1) is 0 Å². The van der Waals surface area contributed by atoms with Gasteiger partial charge in [-0.15, -0.1) is 0 Å². The summed E-state index contributed by atoms with van der Waals surface area (Å²) in [5, 5.41) is 0. The lowest BCUT2D eigenvalue weighted by Gasteiger charge is -2.23. The van der Waals surface area contributed by atoms with E-state index in [4.69, 9.17) is 9.47 Å². The van der Waals surface area contributed by atoms with Crippen molar-refractivity contribution in [3.63, 3.8) is 0 Å². The molecule has 0 aromatic carbocycles. The van der Waals surface area contributed by atoms with Gasteiger partial charge >= 0.3 is 0 Å². The number of nitrogens with zero attached hydrogens (tertiary/aromatic N) is 2. The van der Waals surface area contributed by atoms with Crippen LogP contribution in [0.25, 0.3) is 0 Å². The first-order chi connectivity index (χ1) is 7.79. The Balaban J connectivity index is 1.81. The average Bonchev–Trinajstić information content (AvgIpc) is 2.91. The van der Waals surface area contributed by atoms with E-state index in [0.29, 0.717) is 13.2 Å². The van der Waals surface area contributed by atoms with E-state index in [0.717, 1.165) is 29.8 Å². The molecule has 0 radical (unpaired) electrons. The van der Waals surface area contributed by atoms with Crippen molar-refractivity contribution >= 4 is 21.7 Å². The van der Waals surface area contributed by atoms with Gasteiger partial charge in [-0.05, 0) is 28.1 Å². The van der Waals surface area contributed by atoms with Crippen molar-refractivity contribution in [1.29, 1.82) is 0 Å². The molecule has 2 aliphatic heterocycles. The zero-order valence-electron chi connectivity index (χ0n) is 8.86. The summed E-state index contributed by atoms with van der Waals surface area (Å²) < 4.78 is 12.4. The van der Waals surface area contributed by atoms with E-state index in [1.165, 1.54) is 0 Å². The van der Waals surface area contributed by atoms with E-state index in [2.05, 4.69) is 25.8 Å². The standard InChI is InChI=1S/C11H13BrN2O2/c12-9-2-1-4-13-10(9)14-5-3-11(8-14)15-6-7-16-11/h1-2,4H,3,5-8H2. The lowest BCUT2D eigenvalue weighted by Crippen LogP contribution is -2.34. The van der Waals surface area contributed by atoms with Gasteiger partial charge in [0, 0.05) is 19.2 Å². The van der Waals surface area contributed by atoms with E-state index < -0.39 is 0 Å². The highest BCUT2D eigenvalue weighted by Gasteiger charge is 2.43. The van der Waals surface area contributed by atoms with Crippen LogP contribution >= 0.6 is 15.9 Å². The molecular formula is C11H13BrN2O2. The highest BCUT2D eigenvalue weighted by Crippen LogP contribution is 2.34. The number of pyridine rings is 1. The summed E-state index contributed by atoms with van der Waals surface area (Å²) in [6.45, 7) is 3.10. The monoisotopic (exact) mass is 284 g/mol. The smallest absolute Gasteiger partial charge is 0.187 e. The van der Waals surface area contributed by atoms with Crippen LogP contribution in [0.5, 0.6) is 0 Å². The van der Waals surface area contributed by atoms with Gasteiger partial charge in [0.25, 0.3) is 0 Å². The Kier molecular flexibility index (Phi) is 2.61. The molecule has 0 bridgehead atoms. The molecule has 2 fully saturated rings. The first-order valence-corrected chi connectivity index (χ1v) is 6.22. The van der Waals surface area contributed by atoms with Crippen LogP contribution in [-0.2, 0) is 9.47 Å². The molecule has 5 heteroatoms. The first kappa shape index (κ1) is 10.5. The molecule has 0 aliphatic carbocycles. The molecule has 0 amide bonds. The molecule has 1 spiro atoms. The highest BCUT2D eigenvalue weighted by atomic mass is 79.9.